The number of anilines is 1. The minimum atomic E-state index is -4.42. The highest BCUT2D eigenvalue weighted by Gasteiger charge is 2.45. The van der Waals surface area contributed by atoms with E-state index in [2.05, 4.69) is 15.2 Å². The standard InChI is InChI=1S/C26H31ClF3N3O4/c1-25(14-36-13-21(25)34)33-6-4-15(5-7-33)19-8-17-10-23(31-11-18(17)9-20(19)27)32-24(35)16-2-3-22(37-12-16)26(28,29)30/h8-11,15-16,21-22,34H,2-7,12-14H2,1H3,(H,31,32,35)/t16?,21-,22?,25+/m0/s1. The number of carbonyl (C=O) groups excluding carboxylic acids is 1. The third kappa shape index (κ3) is 5.45. The van der Waals surface area contributed by atoms with Crippen molar-refractivity contribution in [1.29, 1.82) is 0 Å². The molecule has 7 nitrogen and oxygen atoms in total. The van der Waals surface area contributed by atoms with Crippen molar-refractivity contribution in [1.82, 2.24) is 9.88 Å². The van der Waals surface area contributed by atoms with Crippen LogP contribution in [0.2, 0.25) is 5.02 Å². The topological polar surface area (TPSA) is 83.9 Å². The number of carbonyl (C=O) groups is 1. The molecule has 202 valence electrons. The summed E-state index contributed by atoms with van der Waals surface area (Å²) in [6, 6.07) is 5.67. The number of piperidine rings is 1. The lowest BCUT2D eigenvalue weighted by Gasteiger charge is -2.43. The van der Waals surface area contributed by atoms with E-state index >= 15 is 0 Å². The van der Waals surface area contributed by atoms with Gasteiger partial charge in [-0.2, -0.15) is 13.2 Å². The van der Waals surface area contributed by atoms with Gasteiger partial charge in [0.1, 0.15) is 5.82 Å². The van der Waals surface area contributed by atoms with Gasteiger partial charge in [-0.05, 0) is 80.8 Å². The Morgan fingerprint density at radius 2 is 1.92 bits per heavy atom. The second-order valence-corrected chi connectivity index (χ2v) is 11.0. The number of aliphatic hydroxyl groups is 1. The summed E-state index contributed by atoms with van der Waals surface area (Å²) in [5, 5.41) is 15.5. The summed E-state index contributed by atoms with van der Waals surface area (Å²) in [5.41, 5.74) is 0.665. The van der Waals surface area contributed by atoms with Crippen LogP contribution in [-0.2, 0) is 14.3 Å². The molecule has 4 atom stereocenters. The highest BCUT2D eigenvalue weighted by molar-refractivity contribution is 6.32. The van der Waals surface area contributed by atoms with Gasteiger partial charge in [0, 0.05) is 16.6 Å². The van der Waals surface area contributed by atoms with Gasteiger partial charge in [-0.15, -0.1) is 0 Å². The smallest absolute Gasteiger partial charge is 0.389 e. The second kappa shape index (κ2) is 10.3. The molecular formula is C26H31ClF3N3O4. The molecule has 3 aliphatic rings. The zero-order chi connectivity index (χ0) is 26.4. The number of aromatic nitrogens is 1. The fraction of sp³-hybridized carbons (Fsp3) is 0.615. The van der Waals surface area contributed by atoms with Crippen LogP contribution in [0, 0.1) is 5.92 Å². The molecule has 2 aromatic rings. The van der Waals surface area contributed by atoms with Gasteiger partial charge in [0.05, 0.1) is 37.4 Å². The van der Waals surface area contributed by atoms with E-state index in [1.54, 1.807) is 12.3 Å². The Balaban J connectivity index is 1.25. The molecule has 0 aliphatic carbocycles. The predicted octanol–water partition coefficient (Wildman–Crippen LogP) is 4.51. The molecule has 0 saturated carbocycles. The van der Waals surface area contributed by atoms with E-state index in [0.717, 1.165) is 42.3 Å². The molecule has 0 bridgehead atoms. The summed E-state index contributed by atoms with van der Waals surface area (Å²) in [6.45, 7) is 4.31. The average molecular weight is 542 g/mol. The largest absolute Gasteiger partial charge is 0.414 e. The predicted molar refractivity (Wildman–Crippen MR) is 133 cm³/mol. The van der Waals surface area contributed by atoms with Crippen molar-refractivity contribution >= 4 is 34.1 Å². The van der Waals surface area contributed by atoms with E-state index < -0.39 is 30.2 Å². The summed E-state index contributed by atoms with van der Waals surface area (Å²) in [7, 11) is 0. The van der Waals surface area contributed by atoms with E-state index in [4.69, 9.17) is 21.1 Å². The molecule has 2 N–H and O–H groups in total. The lowest BCUT2D eigenvalue weighted by atomic mass is 9.85. The van der Waals surface area contributed by atoms with Crippen LogP contribution in [0.5, 0.6) is 0 Å². The lowest BCUT2D eigenvalue weighted by molar-refractivity contribution is -0.234. The Morgan fingerprint density at radius 3 is 2.54 bits per heavy atom. The Labute approximate surface area is 218 Å². The second-order valence-electron chi connectivity index (χ2n) is 10.6. The number of fused-ring (bicyclic) bond motifs is 1. The number of likely N-dealkylation sites (tertiary alicyclic amines) is 1. The molecule has 0 spiro atoms. The van der Waals surface area contributed by atoms with Gasteiger partial charge in [0.15, 0.2) is 6.10 Å². The number of aliphatic hydroxyl groups excluding tert-OH is 1. The molecule has 3 fully saturated rings. The number of rotatable bonds is 4. The molecule has 5 rings (SSSR count). The van der Waals surface area contributed by atoms with Gasteiger partial charge in [-0.25, -0.2) is 4.98 Å². The third-order valence-electron chi connectivity index (χ3n) is 8.15. The highest BCUT2D eigenvalue weighted by Crippen LogP contribution is 2.39. The maximum absolute atomic E-state index is 12.8. The number of pyridine rings is 1. The van der Waals surface area contributed by atoms with E-state index in [1.807, 2.05) is 19.1 Å². The zero-order valence-electron chi connectivity index (χ0n) is 20.6. The summed E-state index contributed by atoms with van der Waals surface area (Å²) in [6.07, 6.45) is -3.46. The Hall–Kier alpha value is -1.98. The first-order valence-corrected chi connectivity index (χ1v) is 13.0. The number of nitrogens with zero attached hydrogens (tertiary/aromatic N) is 2. The molecule has 1 aromatic carbocycles. The van der Waals surface area contributed by atoms with Crippen molar-refractivity contribution in [3.8, 4) is 0 Å². The summed E-state index contributed by atoms with van der Waals surface area (Å²) in [5.74, 6) is -0.474. The van der Waals surface area contributed by atoms with Crippen LogP contribution in [0.4, 0.5) is 19.0 Å². The van der Waals surface area contributed by atoms with Crippen LogP contribution < -0.4 is 5.32 Å². The molecule has 1 amide bonds. The Morgan fingerprint density at radius 1 is 1.16 bits per heavy atom. The van der Waals surface area contributed by atoms with Gasteiger partial charge in [0.25, 0.3) is 0 Å². The minimum absolute atomic E-state index is 0.101. The molecule has 0 radical (unpaired) electrons. The van der Waals surface area contributed by atoms with Crippen LogP contribution in [0.1, 0.15) is 44.1 Å². The van der Waals surface area contributed by atoms with Crippen molar-refractivity contribution < 1.29 is 32.5 Å². The normalized spacial score (nSPS) is 30.1. The number of alkyl halides is 3. The van der Waals surface area contributed by atoms with E-state index in [9.17, 15) is 23.1 Å². The number of hydrogen-bond donors (Lipinski definition) is 2. The molecule has 3 aliphatic heterocycles. The molecule has 37 heavy (non-hydrogen) atoms. The first-order valence-electron chi connectivity index (χ1n) is 12.6. The van der Waals surface area contributed by atoms with Gasteiger partial charge in [0.2, 0.25) is 5.91 Å². The maximum atomic E-state index is 12.8. The number of nitrogens with one attached hydrogen (secondary N) is 1. The molecule has 11 heteroatoms. The fourth-order valence-corrected chi connectivity index (χ4v) is 5.99. The molecule has 3 saturated heterocycles. The first-order chi connectivity index (χ1) is 17.5. The third-order valence-corrected chi connectivity index (χ3v) is 8.47. The SMILES string of the molecule is C[C@@]1(N2CCC(c3cc4cc(NC(=O)C5CCC(C(F)(F)F)OC5)ncc4cc3Cl)CC2)COC[C@@H]1O. The van der Waals surface area contributed by atoms with Crippen molar-refractivity contribution in [2.24, 2.45) is 5.92 Å². The van der Waals surface area contributed by atoms with Gasteiger partial charge >= 0.3 is 6.18 Å². The first kappa shape index (κ1) is 26.6. The highest BCUT2D eigenvalue weighted by atomic mass is 35.5. The fourth-order valence-electron chi connectivity index (χ4n) is 5.67. The van der Waals surface area contributed by atoms with Crippen molar-refractivity contribution in [3.63, 3.8) is 0 Å². The number of hydrogen-bond acceptors (Lipinski definition) is 6. The molecule has 1 aromatic heterocycles. The van der Waals surface area contributed by atoms with Crippen molar-refractivity contribution in [2.45, 2.75) is 62.4 Å². The van der Waals surface area contributed by atoms with Gasteiger partial charge in [-0.1, -0.05) is 11.6 Å². The quantitative estimate of drug-likeness (QED) is 0.592. The van der Waals surface area contributed by atoms with Crippen molar-refractivity contribution in [2.75, 3.05) is 38.2 Å². The summed E-state index contributed by atoms with van der Waals surface area (Å²) in [4.78, 5) is 19.3. The van der Waals surface area contributed by atoms with E-state index in [0.29, 0.717) is 24.1 Å². The van der Waals surface area contributed by atoms with Crippen LogP contribution in [-0.4, -0.2) is 77.7 Å². The molecule has 2 unspecified atom stereocenters. The van der Waals surface area contributed by atoms with Crippen molar-refractivity contribution in [3.05, 3.63) is 35.0 Å². The maximum Gasteiger partial charge on any atom is 0.414 e. The minimum Gasteiger partial charge on any atom is -0.389 e. The van der Waals surface area contributed by atoms with Gasteiger partial charge < -0.3 is 19.9 Å². The number of benzene rings is 1. The summed E-state index contributed by atoms with van der Waals surface area (Å²) >= 11 is 6.65. The van der Waals surface area contributed by atoms with Crippen LogP contribution in [0.3, 0.4) is 0 Å². The average Bonchev–Trinajstić information content (AvgIpc) is 3.22. The summed E-state index contributed by atoms with van der Waals surface area (Å²) < 4.78 is 48.8. The molecule has 4 heterocycles. The number of ether oxygens (including phenoxy) is 2. The lowest BCUT2D eigenvalue weighted by Crippen LogP contribution is -2.56. The number of amides is 1. The van der Waals surface area contributed by atoms with Crippen LogP contribution in [0.25, 0.3) is 10.8 Å². The zero-order valence-corrected chi connectivity index (χ0v) is 21.3. The van der Waals surface area contributed by atoms with E-state index in [-0.39, 0.29) is 30.9 Å². The molecular weight excluding hydrogens is 511 g/mol. The van der Waals surface area contributed by atoms with E-state index in [1.165, 1.54) is 0 Å². The number of halogens is 4. The van der Waals surface area contributed by atoms with Gasteiger partial charge in [-0.3, -0.25) is 9.69 Å². The monoisotopic (exact) mass is 541 g/mol. The van der Waals surface area contributed by atoms with Crippen LogP contribution >= 0.6 is 11.6 Å². The Kier molecular flexibility index (Phi) is 7.41. The Bertz CT molecular complexity index is 1150. The van der Waals surface area contributed by atoms with Crippen LogP contribution in [0.15, 0.2) is 24.4 Å².